The Hall–Kier alpha value is -1.36. The van der Waals surface area contributed by atoms with Crippen molar-refractivity contribution >= 4 is 15.9 Å². The van der Waals surface area contributed by atoms with Crippen molar-refractivity contribution in [3.8, 4) is 0 Å². The Morgan fingerprint density at radius 2 is 1.59 bits per heavy atom. The Labute approximate surface area is 102 Å². The summed E-state index contributed by atoms with van der Waals surface area (Å²) in [5.41, 5.74) is 3.32. The highest BCUT2D eigenvalue weighted by Gasteiger charge is 2.22. The maximum atomic E-state index is 12.0. The summed E-state index contributed by atoms with van der Waals surface area (Å²) < 4.78 is 26.0. The molecule has 0 saturated carbocycles. The molecule has 0 saturated heterocycles. The van der Waals surface area contributed by atoms with Gasteiger partial charge in [0.1, 0.15) is 0 Å². The van der Waals surface area contributed by atoms with Crippen molar-refractivity contribution < 1.29 is 13.2 Å². The second-order valence-corrected chi connectivity index (χ2v) is 5.87. The third kappa shape index (κ3) is 2.66. The van der Waals surface area contributed by atoms with Gasteiger partial charge in [0.15, 0.2) is 0 Å². The highest BCUT2D eigenvalue weighted by atomic mass is 32.2. The summed E-state index contributed by atoms with van der Waals surface area (Å²) >= 11 is 0. The van der Waals surface area contributed by atoms with Gasteiger partial charge in [-0.1, -0.05) is 6.07 Å². The topological polar surface area (TPSA) is 63.2 Å². The van der Waals surface area contributed by atoms with Gasteiger partial charge in [-0.3, -0.25) is 4.79 Å². The average molecular weight is 255 g/mol. The first-order chi connectivity index (χ1) is 7.66. The lowest BCUT2D eigenvalue weighted by atomic mass is 10.0. The molecule has 1 aromatic rings. The lowest BCUT2D eigenvalue weighted by molar-refractivity contribution is -0.117. The molecule has 0 atom stereocenters. The lowest BCUT2D eigenvalue weighted by Crippen LogP contribution is -2.29. The number of benzene rings is 1. The van der Waals surface area contributed by atoms with Crippen molar-refractivity contribution in [2.24, 2.45) is 0 Å². The number of hydrogen-bond donors (Lipinski definition) is 1. The molecule has 1 amide bonds. The molecule has 1 aromatic carbocycles. The number of sulfonamides is 1. The van der Waals surface area contributed by atoms with Gasteiger partial charge < -0.3 is 0 Å². The highest BCUT2D eigenvalue weighted by molar-refractivity contribution is 7.90. The van der Waals surface area contributed by atoms with Crippen LogP contribution in [0.4, 0.5) is 0 Å². The predicted octanol–water partition coefficient (Wildman–Crippen LogP) is 1.75. The number of aryl methyl sites for hydroxylation is 2. The zero-order chi connectivity index (χ0) is 13.4. The zero-order valence-corrected chi connectivity index (χ0v) is 11.5. The molecule has 1 N–H and O–H groups in total. The average Bonchev–Trinajstić information content (AvgIpc) is 2.11. The first kappa shape index (κ1) is 13.7. The van der Waals surface area contributed by atoms with Gasteiger partial charge in [0.25, 0.3) is 10.0 Å². The van der Waals surface area contributed by atoms with E-state index >= 15 is 0 Å². The van der Waals surface area contributed by atoms with Crippen LogP contribution in [-0.4, -0.2) is 14.3 Å². The molecule has 0 aliphatic carbocycles. The van der Waals surface area contributed by atoms with Crippen molar-refractivity contribution in [2.75, 3.05) is 0 Å². The molecule has 94 valence electrons. The van der Waals surface area contributed by atoms with Crippen LogP contribution in [0.3, 0.4) is 0 Å². The molecule has 0 radical (unpaired) electrons. The smallest absolute Gasteiger partial charge is 0.264 e. The summed E-state index contributed by atoms with van der Waals surface area (Å²) in [5, 5.41) is 0. The van der Waals surface area contributed by atoms with E-state index < -0.39 is 15.9 Å². The molecule has 0 bridgehead atoms. The number of hydrogen-bond acceptors (Lipinski definition) is 3. The monoisotopic (exact) mass is 255 g/mol. The van der Waals surface area contributed by atoms with Crippen molar-refractivity contribution in [2.45, 2.75) is 39.5 Å². The maximum Gasteiger partial charge on any atom is 0.264 e. The SMILES string of the molecule is CC(=O)NS(=O)(=O)c1c(C)cc(C)c(C)c1C. The minimum absolute atomic E-state index is 0.204. The predicted molar refractivity (Wildman–Crippen MR) is 66.4 cm³/mol. The Kier molecular flexibility index (Phi) is 3.62. The van der Waals surface area contributed by atoms with E-state index in [0.717, 1.165) is 11.1 Å². The molecule has 4 nitrogen and oxygen atoms in total. The van der Waals surface area contributed by atoms with Gasteiger partial charge in [-0.15, -0.1) is 0 Å². The molecule has 0 aliphatic heterocycles. The van der Waals surface area contributed by atoms with Crippen LogP contribution in [0.2, 0.25) is 0 Å². The summed E-state index contributed by atoms with van der Waals surface area (Å²) in [6.07, 6.45) is 0. The van der Waals surface area contributed by atoms with E-state index in [-0.39, 0.29) is 4.90 Å². The first-order valence-electron chi connectivity index (χ1n) is 5.27. The maximum absolute atomic E-state index is 12.0. The van der Waals surface area contributed by atoms with E-state index in [4.69, 9.17) is 0 Å². The number of amides is 1. The van der Waals surface area contributed by atoms with Crippen LogP contribution in [0, 0.1) is 27.7 Å². The Balaban J connectivity index is 3.53. The molecule has 0 aromatic heterocycles. The largest absolute Gasteiger partial charge is 0.274 e. The molecule has 0 heterocycles. The summed E-state index contributed by atoms with van der Waals surface area (Å²) in [5.74, 6) is -0.581. The molecule has 1 rings (SSSR count). The summed E-state index contributed by atoms with van der Waals surface area (Å²) in [4.78, 5) is 11.1. The van der Waals surface area contributed by atoms with Crippen molar-refractivity contribution in [1.29, 1.82) is 0 Å². The van der Waals surface area contributed by atoms with Crippen LogP contribution in [0.1, 0.15) is 29.2 Å². The van der Waals surface area contributed by atoms with Crippen molar-refractivity contribution in [3.05, 3.63) is 28.3 Å². The van der Waals surface area contributed by atoms with Gasteiger partial charge in [-0.2, -0.15) is 0 Å². The van der Waals surface area contributed by atoms with E-state index in [2.05, 4.69) is 0 Å². The molecule has 0 fully saturated rings. The minimum atomic E-state index is -3.76. The molecule has 17 heavy (non-hydrogen) atoms. The Bertz CT molecular complexity index is 574. The fraction of sp³-hybridized carbons (Fsp3) is 0.417. The van der Waals surface area contributed by atoms with E-state index in [0.29, 0.717) is 11.1 Å². The molecule has 5 heteroatoms. The second kappa shape index (κ2) is 4.49. The van der Waals surface area contributed by atoms with Crippen molar-refractivity contribution in [3.63, 3.8) is 0 Å². The van der Waals surface area contributed by atoms with Crippen LogP contribution in [-0.2, 0) is 14.8 Å². The fourth-order valence-electron chi connectivity index (χ4n) is 1.91. The summed E-state index contributed by atoms with van der Waals surface area (Å²) in [6.45, 7) is 8.47. The third-order valence-electron chi connectivity index (χ3n) is 2.83. The second-order valence-electron chi connectivity index (χ2n) is 4.25. The number of rotatable bonds is 2. The Morgan fingerprint density at radius 3 is 2.06 bits per heavy atom. The molecule has 0 aliphatic rings. The van der Waals surface area contributed by atoms with Crippen LogP contribution >= 0.6 is 0 Å². The zero-order valence-electron chi connectivity index (χ0n) is 10.7. The first-order valence-corrected chi connectivity index (χ1v) is 6.76. The van der Waals surface area contributed by atoms with E-state index in [1.807, 2.05) is 24.6 Å². The number of nitrogens with one attached hydrogen (secondary N) is 1. The Morgan fingerprint density at radius 1 is 1.06 bits per heavy atom. The highest BCUT2D eigenvalue weighted by Crippen LogP contribution is 2.25. The van der Waals surface area contributed by atoms with Crippen LogP contribution < -0.4 is 4.72 Å². The van der Waals surface area contributed by atoms with Crippen LogP contribution in [0.15, 0.2) is 11.0 Å². The van der Waals surface area contributed by atoms with E-state index in [1.54, 1.807) is 13.8 Å². The fourth-order valence-corrected chi connectivity index (χ4v) is 3.43. The molecular formula is C12H17NO3S. The van der Waals surface area contributed by atoms with Crippen molar-refractivity contribution in [1.82, 2.24) is 4.72 Å². The lowest BCUT2D eigenvalue weighted by Gasteiger charge is -2.15. The molecular weight excluding hydrogens is 238 g/mol. The molecule has 0 unspecified atom stereocenters. The van der Waals surface area contributed by atoms with Gasteiger partial charge in [0.2, 0.25) is 5.91 Å². The van der Waals surface area contributed by atoms with Crippen LogP contribution in [0.5, 0.6) is 0 Å². The van der Waals surface area contributed by atoms with Gasteiger partial charge in [0.05, 0.1) is 4.90 Å². The molecule has 0 spiro atoms. The minimum Gasteiger partial charge on any atom is -0.274 e. The third-order valence-corrected chi connectivity index (χ3v) is 4.55. The van der Waals surface area contributed by atoms with Gasteiger partial charge in [-0.25, -0.2) is 13.1 Å². The van der Waals surface area contributed by atoms with E-state index in [1.165, 1.54) is 6.92 Å². The number of carbonyl (C=O) groups excluding carboxylic acids is 1. The van der Waals surface area contributed by atoms with E-state index in [9.17, 15) is 13.2 Å². The normalized spacial score (nSPS) is 11.4. The van der Waals surface area contributed by atoms with Gasteiger partial charge in [0, 0.05) is 6.92 Å². The van der Waals surface area contributed by atoms with Crippen LogP contribution in [0.25, 0.3) is 0 Å². The summed E-state index contributed by atoms with van der Waals surface area (Å²) in [6, 6.07) is 1.82. The van der Waals surface area contributed by atoms with Gasteiger partial charge in [-0.05, 0) is 49.9 Å². The summed E-state index contributed by atoms with van der Waals surface area (Å²) in [7, 11) is -3.76. The quantitative estimate of drug-likeness (QED) is 0.875. The number of carbonyl (C=O) groups is 1. The van der Waals surface area contributed by atoms with Gasteiger partial charge >= 0.3 is 0 Å². The standard InChI is InChI=1S/C12H17NO3S/c1-7-6-8(2)12(10(4)9(7)3)17(15,16)13-11(5)14/h6H,1-5H3,(H,13,14).